The zero-order valence-corrected chi connectivity index (χ0v) is 13.8. The number of hydrogen-bond donors (Lipinski definition) is 3. The number of anilines is 1. The first-order chi connectivity index (χ1) is 11.0. The van der Waals surface area contributed by atoms with Gasteiger partial charge in [-0.3, -0.25) is 9.59 Å². The minimum atomic E-state index is -4.55. The highest BCUT2D eigenvalue weighted by Crippen LogP contribution is 2.33. The Labute approximate surface area is 138 Å². The summed E-state index contributed by atoms with van der Waals surface area (Å²) >= 11 is 0. The molecular weight excluding hydrogens is 325 g/mol. The molecule has 1 aromatic carbocycles. The molecule has 0 saturated carbocycles. The third kappa shape index (κ3) is 5.23. The Morgan fingerprint density at radius 2 is 1.71 bits per heavy atom. The summed E-state index contributed by atoms with van der Waals surface area (Å²) in [5.41, 5.74) is -2.12. The molecule has 0 aliphatic rings. The van der Waals surface area contributed by atoms with Crippen LogP contribution in [0.25, 0.3) is 0 Å². The zero-order valence-electron chi connectivity index (χ0n) is 13.8. The van der Waals surface area contributed by atoms with Crippen molar-refractivity contribution in [3.8, 4) is 0 Å². The molecule has 24 heavy (non-hydrogen) atoms. The molecule has 0 spiro atoms. The largest absolute Gasteiger partial charge is 0.416 e. The van der Waals surface area contributed by atoms with Gasteiger partial charge < -0.3 is 15.7 Å². The average molecular weight is 346 g/mol. The van der Waals surface area contributed by atoms with Crippen LogP contribution >= 0.6 is 0 Å². The van der Waals surface area contributed by atoms with Crippen LogP contribution in [0, 0.1) is 6.92 Å². The van der Waals surface area contributed by atoms with Crippen LogP contribution < -0.4 is 10.6 Å². The lowest BCUT2D eigenvalue weighted by molar-refractivity contribution is -0.138. The van der Waals surface area contributed by atoms with E-state index in [1.165, 1.54) is 19.1 Å². The molecule has 2 amide bonds. The van der Waals surface area contributed by atoms with E-state index in [0.29, 0.717) is 12.8 Å². The monoisotopic (exact) mass is 346 g/mol. The summed E-state index contributed by atoms with van der Waals surface area (Å²) in [6.45, 7) is 4.66. The van der Waals surface area contributed by atoms with Gasteiger partial charge in [-0.15, -0.1) is 0 Å². The number of carbonyl (C=O) groups is 2. The third-order valence-electron chi connectivity index (χ3n) is 3.90. The van der Waals surface area contributed by atoms with E-state index in [1.807, 2.05) is 0 Å². The van der Waals surface area contributed by atoms with Crippen LogP contribution in [0.3, 0.4) is 0 Å². The number of aryl methyl sites for hydroxylation is 1. The first kappa shape index (κ1) is 20.0. The van der Waals surface area contributed by atoms with Gasteiger partial charge in [0.15, 0.2) is 0 Å². The highest BCUT2D eigenvalue weighted by Gasteiger charge is 2.32. The van der Waals surface area contributed by atoms with Crippen LogP contribution in [0.4, 0.5) is 18.9 Å². The van der Waals surface area contributed by atoms with Crippen molar-refractivity contribution in [3.63, 3.8) is 0 Å². The standard InChI is InChI=1S/C16H21F3N2O3/c1-4-15(24,5-2)9-20-13(22)14(23)21-11-7-6-10(3)12(8-11)16(17,18)19/h6-8,24H,4-5,9H2,1-3H3,(H,20,22)(H,21,23). The number of alkyl halides is 3. The van der Waals surface area contributed by atoms with Crippen LogP contribution in [-0.4, -0.2) is 29.1 Å². The number of rotatable bonds is 5. The topological polar surface area (TPSA) is 78.4 Å². The third-order valence-corrected chi connectivity index (χ3v) is 3.90. The van der Waals surface area contributed by atoms with Crippen molar-refractivity contribution in [2.24, 2.45) is 0 Å². The fourth-order valence-electron chi connectivity index (χ4n) is 2.02. The van der Waals surface area contributed by atoms with E-state index in [0.717, 1.165) is 6.07 Å². The fourth-order valence-corrected chi connectivity index (χ4v) is 2.02. The quantitative estimate of drug-likeness (QED) is 0.717. The molecule has 5 nitrogen and oxygen atoms in total. The molecule has 8 heteroatoms. The SMILES string of the molecule is CCC(O)(CC)CNC(=O)C(=O)Nc1ccc(C)c(C(F)(F)F)c1. The van der Waals surface area contributed by atoms with Crippen molar-refractivity contribution >= 4 is 17.5 Å². The van der Waals surface area contributed by atoms with Crippen LogP contribution in [0.5, 0.6) is 0 Å². The molecule has 0 bridgehead atoms. The molecule has 0 atom stereocenters. The summed E-state index contributed by atoms with van der Waals surface area (Å²) in [5.74, 6) is -2.12. The average Bonchev–Trinajstić information content (AvgIpc) is 2.52. The Hall–Kier alpha value is -2.09. The van der Waals surface area contributed by atoms with Crippen molar-refractivity contribution in [1.29, 1.82) is 0 Å². The van der Waals surface area contributed by atoms with Gasteiger partial charge in [-0.25, -0.2) is 0 Å². The van der Waals surface area contributed by atoms with Crippen LogP contribution in [0.15, 0.2) is 18.2 Å². The number of benzene rings is 1. The lowest BCUT2D eigenvalue weighted by atomic mass is 9.98. The predicted octanol–water partition coefficient (Wildman–Crippen LogP) is 2.62. The summed E-state index contributed by atoms with van der Waals surface area (Å²) in [6, 6.07) is 3.27. The summed E-state index contributed by atoms with van der Waals surface area (Å²) in [6.07, 6.45) is -3.78. The number of nitrogens with one attached hydrogen (secondary N) is 2. The summed E-state index contributed by atoms with van der Waals surface area (Å²) in [5, 5.41) is 14.4. The molecule has 134 valence electrons. The molecule has 0 aromatic heterocycles. The second-order valence-corrected chi connectivity index (χ2v) is 5.60. The number of amides is 2. The molecule has 0 heterocycles. The summed E-state index contributed by atoms with van der Waals surface area (Å²) in [7, 11) is 0. The van der Waals surface area contributed by atoms with E-state index in [1.54, 1.807) is 13.8 Å². The Kier molecular flexibility index (Phi) is 6.36. The molecule has 1 rings (SSSR count). The molecule has 0 saturated heterocycles. The molecule has 0 fully saturated rings. The highest BCUT2D eigenvalue weighted by molar-refractivity contribution is 6.39. The number of carbonyl (C=O) groups excluding carboxylic acids is 2. The maximum atomic E-state index is 12.8. The predicted molar refractivity (Wildman–Crippen MR) is 83.4 cm³/mol. The van der Waals surface area contributed by atoms with Crippen molar-refractivity contribution < 1.29 is 27.9 Å². The second kappa shape index (κ2) is 7.65. The molecular formula is C16H21F3N2O3. The van der Waals surface area contributed by atoms with Crippen molar-refractivity contribution in [2.75, 3.05) is 11.9 Å². The first-order valence-corrected chi connectivity index (χ1v) is 7.52. The number of halogens is 3. The first-order valence-electron chi connectivity index (χ1n) is 7.52. The zero-order chi connectivity index (χ0) is 18.5. The summed E-state index contributed by atoms with van der Waals surface area (Å²) < 4.78 is 38.5. The highest BCUT2D eigenvalue weighted by atomic mass is 19.4. The lowest BCUT2D eigenvalue weighted by Gasteiger charge is -2.25. The number of hydrogen-bond acceptors (Lipinski definition) is 3. The van der Waals surface area contributed by atoms with Gasteiger partial charge in [0, 0.05) is 12.2 Å². The Morgan fingerprint density at radius 1 is 1.12 bits per heavy atom. The van der Waals surface area contributed by atoms with E-state index in [-0.39, 0.29) is 17.8 Å². The Bertz CT molecular complexity index is 611. The fraction of sp³-hybridized carbons (Fsp3) is 0.500. The van der Waals surface area contributed by atoms with Crippen LogP contribution in [0.2, 0.25) is 0 Å². The van der Waals surface area contributed by atoms with Gasteiger partial charge in [-0.05, 0) is 37.5 Å². The second-order valence-electron chi connectivity index (χ2n) is 5.60. The van der Waals surface area contributed by atoms with Crippen LogP contribution in [0.1, 0.15) is 37.8 Å². The Morgan fingerprint density at radius 3 is 2.21 bits per heavy atom. The number of aliphatic hydroxyl groups is 1. The van der Waals surface area contributed by atoms with Crippen molar-refractivity contribution in [1.82, 2.24) is 5.32 Å². The molecule has 0 aliphatic heterocycles. The molecule has 0 unspecified atom stereocenters. The molecule has 3 N–H and O–H groups in total. The van der Waals surface area contributed by atoms with Crippen molar-refractivity contribution in [2.45, 2.75) is 45.4 Å². The van der Waals surface area contributed by atoms with Gasteiger partial charge >= 0.3 is 18.0 Å². The normalized spacial score (nSPS) is 12.0. The maximum absolute atomic E-state index is 12.8. The van der Waals surface area contributed by atoms with Gasteiger partial charge in [-0.2, -0.15) is 13.2 Å². The molecule has 1 aromatic rings. The molecule has 0 aliphatic carbocycles. The van der Waals surface area contributed by atoms with E-state index in [2.05, 4.69) is 10.6 Å². The van der Waals surface area contributed by atoms with Crippen LogP contribution in [-0.2, 0) is 15.8 Å². The van der Waals surface area contributed by atoms with Gasteiger partial charge in [0.05, 0.1) is 11.2 Å². The van der Waals surface area contributed by atoms with E-state index in [9.17, 15) is 27.9 Å². The van der Waals surface area contributed by atoms with Crippen molar-refractivity contribution in [3.05, 3.63) is 29.3 Å². The van der Waals surface area contributed by atoms with Gasteiger partial charge in [0.1, 0.15) is 0 Å². The van der Waals surface area contributed by atoms with E-state index in [4.69, 9.17) is 0 Å². The van der Waals surface area contributed by atoms with E-state index >= 15 is 0 Å². The van der Waals surface area contributed by atoms with E-state index < -0.39 is 29.2 Å². The summed E-state index contributed by atoms with van der Waals surface area (Å²) in [4.78, 5) is 23.5. The Balaban J connectivity index is 2.76. The minimum absolute atomic E-state index is 0.0147. The minimum Gasteiger partial charge on any atom is -0.388 e. The van der Waals surface area contributed by atoms with Gasteiger partial charge in [0.2, 0.25) is 0 Å². The maximum Gasteiger partial charge on any atom is 0.416 e. The van der Waals surface area contributed by atoms with Gasteiger partial charge in [-0.1, -0.05) is 19.9 Å². The molecule has 0 radical (unpaired) electrons. The lowest BCUT2D eigenvalue weighted by Crippen LogP contribution is -2.45. The smallest absolute Gasteiger partial charge is 0.388 e. The van der Waals surface area contributed by atoms with Gasteiger partial charge in [0.25, 0.3) is 0 Å².